The molecule has 0 radical (unpaired) electrons. The van der Waals surface area contributed by atoms with E-state index in [0.29, 0.717) is 12.4 Å². The zero-order chi connectivity index (χ0) is 26.2. The number of urea groups is 1. The Hall–Kier alpha value is -3.32. The fraction of sp³-hybridized carbons (Fsp3) is 0.467. The van der Waals surface area contributed by atoms with Crippen LogP contribution in [-0.2, 0) is 17.9 Å². The Morgan fingerprint density at radius 2 is 1.35 bits per heavy atom. The minimum Gasteiger partial charge on any atom is -0.284 e. The van der Waals surface area contributed by atoms with Crippen molar-refractivity contribution in [2.24, 2.45) is 4.99 Å². The van der Waals surface area contributed by atoms with Crippen molar-refractivity contribution >= 4 is 23.6 Å². The highest BCUT2D eigenvalue weighted by Crippen LogP contribution is 2.21. The summed E-state index contributed by atoms with van der Waals surface area (Å²) in [5.41, 5.74) is 2.46. The van der Waals surface area contributed by atoms with Gasteiger partial charge < -0.3 is 0 Å². The number of amidine groups is 2. The molecule has 2 aromatic carbocycles. The van der Waals surface area contributed by atoms with E-state index in [4.69, 9.17) is 4.99 Å². The first-order valence-corrected chi connectivity index (χ1v) is 13.6. The van der Waals surface area contributed by atoms with Crippen LogP contribution < -0.4 is 0 Å². The number of aliphatic imine (C=N–C) groups is 1. The predicted molar refractivity (Wildman–Crippen MR) is 148 cm³/mol. The highest BCUT2D eigenvalue weighted by molar-refractivity contribution is 6.23. The smallest absolute Gasteiger partial charge is 0.284 e. The summed E-state index contributed by atoms with van der Waals surface area (Å²) in [6.45, 7) is 5.11. The summed E-state index contributed by atoms with van der Waals surface area (Å²) in [6.07, 6.45) is 7.07. The van der Waals surface area contributed by atoms with Gasteiger partial charge in [-0.25, -0.2) is 9.37 Å². The van der Waals surface area contributed by atoms with E-state index in [9.17, 15) is 9.59 Å². The number of likely N-dealkylation sites (N-methyl/N-ethyl adjacent to an activating group) is 2. The molecule has 2 aromatic rings. The second-order valence-electron chi connectivity index (χ2n) is 10.1. The molecular formula is C30H40N5O2+. The Bertz CT molecular complexity index is 1090. The van der Waals surface area contributed by atoms with Gasteiger partial charge in [-0.3, -0.25) is 19.5 Å². The SMILES string of the molecule is CCCCCCCC[N+]1=C(CN(Cc2ccccc2)Cc2ccccc2)N=C2C1C(=O)N(C)C(=O)N2C. The lowest BCUT2D eigenvalue weighted by Crippen LogP contribution is -2.61. The Morgan fingerprint density at radius 1 is 0.784 bits per heavy atom. The quantitative estimate of drug-likeness (QED) is 0.293. The van der Waals surface area contributed by atoms with E-state index in [1.165, 1.54) is 46.6 Å². The molecule has 7 heteroatoms. The van der Waals surface area contributed by atoms with Crippen molar-refractivity contribution < 1.29 is 14.2 Å². The Labute approximate surface area is 221 Å². The number of hydrogen-bond acceptors (Lipinski definition) is 4. The van der Waals surface area contributed by atoms with Gasteiger partial charge in [0.2, 0.25) is 0 Å². The number of carbonyl (C=O) groups excluding carboxylic acids is 2. The fourth-order valence-electron chi connectivity index (χ4n) is 5.15. The molecule has 37 heavy (non-hydrogen) atoms. The molecule has 1 atom stereocenters. The maximum absolute atomic E-state index is 13.3. The van der Waals surface area contributed by atoms with Crippen LogP contribution >= 0.6 is 0 Å². The first-order valence-electron chi connectivity index (χ1n) is 13.6. The van der Waals surface area contributed by atoms with Crippen LogP contribution in [0.4, 0.5) is 4.79 Å². The van der Waals surface area contributed by atoms with Crippen molar-refractivity contribution in [3.8, 4) is 0 Å². The molecule has 7 nitrogen and oxygen atoms in total. The van der Waals surface area contributed by atoms with Crippen LogP contribution in [0.2, 0.25) is 0 Å². The Morgan fingerprint density at radius 3 is 1.95 bits per heavy atom. The molecule has 0 N–H and O–H groups in total. The number of hydrogen-bond donors (Lipinski definition) is 0. The van der Waals surface area contributed by atoms with Crippen molar-refractivity contribution in [1.29, 1.82) is 0 Å². The minimum atomic E-state index is -0.534. The highest BCUT2D eigenvalue weighted by atomic mass is 16.2. The van der Waals surface area contributed by atoms with Gasteiger partial charge in [-0.15, -0.1) is 0 Å². The van der Waals surface area contributed by atoms with E-state index in [-0.39, 0.29) is 11.9 Å². The molecule has 1 fully saturated rings. The standard InChI is InChI=1S/C30H40N5O2/c1-4-5-6-7-8-15-20-35-26(31-28-27(35)29(36)33(3)30(37)32(28)2)23-34(21-24-16-11-9-12-17-24)22-25-18-13-10-14-19-25/h9-14,16-19,27H,4-8,15,20-23H2,1-3H3/q+1. The average Bonchev–Trinajstić information content (AvgIpc) is 3.27. The summed E-state index contributed by atoms with van der Waals surface area (Å²) in [6, 6.07) is 20.0. The number of unbranched alkanes of at least 4 members (excludes halogenated alkanes) is 5. The van der Waals surface area contributed by atoms with E-state index in [0.717, 1.165) is 38.3 Å². The molecule has 1 saturated heterocycles. The Balaban J connectivity index is 1.60. The van der Waals surface area contributed by atoms with Crippen molar-refractivity contribution in [3.63, 3.8) is 0 Å². The Kier molecular flexibility index (Phi) is 9.23. The number of imide groups is 1. The summed E-state index contributed by atoms with van der Waals surface area (Å²) >= 11 is 0. The van der Waals surface area contributed by atoms with Crippen molar-refractivity contribution in [2.45, 2.75) is 64.6 Å². The summed E-state index contributed by atoms with van der Waals surface area (Å²) in [7, 11) is 3.28. The first kappa shape index (κ1) is 26.7. The van der Waals surface area contributed by atoms with Gasteiger partial charge in [-0.05, 0) is 29.0 Å². The first-order chi connectivity index (χ1) is 18.0. The van der Waals surface area contributed by atoms with Gasteiger partial charge >= 0.3 is 11.9 Å². The predicted octanol–water partition coefficient (Wildman–Crippen LogP) is 4.76. The number of benzene rings is 2. The number of carbonyl (C=O) groups is 2. The molecule has 0 bridgehead atoms. The number of fused-ring (bicyclic) bond motifs is 1. The lowest BCUT2D eigenvalue weighted by atomic mass is 10.1. The van der Waals surface area contributed by atoms with Gasteiger partial charge in [0.1, 0.15) is 6.54 Å². The lowest BCUT2D eigenvalue weighted by molar-refractivity contribution is -0.537. The molecule has 0 aliphatic carbocycles. The highest BCUT2D eigenvalue weighted by Gasteiger charge is 2.52. The van der Waals surface area contributed by atoms with Crippen LogP contribution in [-0.4, -0.2) is 76.1 Å². The normalized spacial score (nSPS) is 17.6. The molecule has 2 aliphatic rings. The second-order valence-corrected chi connectivity index (χ2v) is 10.1. The molecule has 0 saturated carbocycles. The third kappa shape index (κ3) is 6.52. The summed E-state index contributed by atoms with van der Waals surface area (Å²) in [4.78, 5) is 36.0. The van der Waals surface area contributed by atoms with Crippen LogP contribution in [0.1, 0.15) is 56.6 Å². The van der Waals surface area contributed by atoms with E-state index in [1.807, 2.05) is 12.1 Å². The molecule has 196 valence electrons. The van der Waals surface area contributed by atoms with E-state index in [2.05, 4.69) is 64.9 Å². The molecule has 2 aliphatic heterocycles. The number of amides is 3. The van der Waals surface area contributed by atoms with E-state index in [1.54, 1.807) is 14.1 Å². The van der Waals surface area contributed by atoms with Crippen LogP contribution in [0, 0.1) is 0 Å². The topological polar surface area (TPSA) is 59.2 Å². The molecule has 1 unspecified atom stereocenters. The van der Waals surface area contributed by atoms with Crippen LogP contribution in [0.15, 0.2) is 65.7 Å². The molecule has 3 amide bonds. The van der Waals surface area contributed by atoms with E-state index >= 15 is 0 Å². The molecule has 2 heterocycles. The molecule has 0 aromatic heterocycles. The van der Waals surface area contributed by atoms with Gasteiger partial charge in [0.15, 0.2) is 0 Å². The van der Waals surface area contributed by atoms with Gasteiger partial charge in [-0.2, -0.15) is 0 Å². The van der Waals surface area contributed by atoms with Crippen molar-refractivity contribution in [3.05, 3.63) is 71.8 Å². The van der Waals surface area contributed by atoms with Gasteiger partial charge in [0, 0.05) is 27.2 Å². The minimum absolute atomic E-state index is 0.194. The summed E-state index contributed by atoms with van der Waals surface area (Å²) < 4.78 is 2.15. The summed E-state index contributed by atoms with van der Waals surface area (Å²) in [5.74, 6) is 1.22. The zero-order valence-electron chi connectivity index (χ0n) is 22.5. The monoisotopic (exact) mass is 502 g/mol. The summed E-state index contributed by atoms with van der Waals surface area (Å²) in [5, 5.41) is 0. The van der Waals surface area contributed by atoms with E-state index < -0.39 is 6.04 Å². The van der Waals surface area contributed by atoms with Crippen LogP contribution in [0.3, 0.4) is 0 Å². The fourth-order valence-corrected chi connectivity index (χ4v) is 5.15. The van der Waals surface area contributed by atoms with Crippen LogP contribution in [0.25, 0.3) is 0 Å². The maximum atomic E-state index is 13.3. The largest absolute Gasteiger partial charge is 0.333 e. The van der Waals surface area contributed by atoms with Crippen LogP contribution in [0.5, 0.6) is 0 Å². The number of rotatable bonds is 13. The zero-order valence-corrected chi connectivity index (χ0v) is 22.5. The van der Waals surface area contributed by atoms with Gasteiger partial charge in [0.05, 0.1) is 6.54 Å². The van der Waals surface area contributed by atoms with Crippen molar-refractivity contribution in [2.75, 3.05) is 27.2 Å². The van der Waals surface area contributed by atoms with Gasteiger partial charge in [-0.1, -0.05) is 93.3 Å². The average molecular weight is 503 g/mol. The second kappa shape index (κ2) is 12.8. The molecular weight excluding hydrogens is 462 g/mol. The third-order valence-electron chi connectivity index (χ3n) is 7.23. The van der Waals surface area contributed by atoms with Gasteiger partial charge in [0.25, 0.3) is 17.8 Å². The lowest BCUT2D eigenvalue weighted by Gasteiger charge is -2.30. The van der Waals surface area contributed by atoms with Crippen molar-refractivity contribution in [1.82, 2.24) is 14.7 Å². The third-order valence-corrected chi connectivity index (χ3v) is 7.23. The maximum Gasteiger partial charge on any atom is 0.333 e. The molecule has 0 spiro atoms. The molecule has 4 rings (SSSR count). The number of nitrogens with zero attached hydrogens (tertiary/aromatic N) is 5.